The van der Waals surface area contributed by atoms with Gasteiger partial charge in [0.15, 0.2) is 0 Å². The van der Waals surface area contributed by atoms with Gasteiger partial charge >= 0.3 is 0 Å². The molecule has 0 fully saturated rings. The highest BCUT2D eigenvalue weighted by atomic mass is 15.2. The average molecular weight is 195 g/mol. The maximum atomic E-state index is 5.71. The Kier molecular flexibility index (Phi) is 3.79. The average Bonchev–Trinajstić information content (AvgIpc) is 2.18. The monoisotopic (exact) mass is 195 g/mol. The highest BCUT2D eigenvalue weighted by molar-refractivity contribution is 5.26. The van der Waals surface area contributed by atoms with Crippen LogP contribution in [0.15, 0.2) is 12.4 Å². The van der Waals surface area contributed by atoms with Crippen LogP contribution in [-0.2, 0) is 6.42 Å². The van der Waals surface area contributed by atoms with E-state index in [2.05, 4.69) is 9.97 Å². The Labute approximate surface area is 84.1 Å². The fourth-order valence-corrected chi connectivity index (χ4v) is 1.07. The predicted molar refractivity (Wildman–Crippen MR) is 57.1 cm³/mol. The molecule has 0 aliphatic rings. The number of hydrogen-bond acceptors (Lipinski definition) is 5. The Morgan fingerprint density at radius 3 is 2.36 bits per heavy atom. The molecule has 0 radical (unpaired) electrons. The van der Waals surface area contributed by atoms with Crippen molar-refractivity contribution in [3.8, 4) is 0 Å². The lowest BCUT2D eigenvalue weighted by atomic mass is 10.1. The van der Waals surface area contributed by atoms with E-state index in [0.717, 1.165) is 12.0 Å². The van der Waals surface area contributed by atoms with Gasteiger partial charge in [-0.1, -0.05) is 0 Å². The van der Waals surface area contributed by atoms with Crippen LogP contribution in [0.2, 0.25) is 0 Å². The zero-order chi connectivity index (χ0) is 10.6. The minimum atomic E-state index is -0.0104. The van der Waals surface area contributed by atoms with Crippen molar-refractivity contribution >= 4 is 5.95 Å². The van der Waals surface area contributed by atoms with E-state index in [1.807, 2.05) is 19.0 Å². The van der Waals surface area contributed by atoms with Gasteiger partial charge in [0.1, 0.15) is 0 Å². The summed E-state index contributed by atoms with van der Waals surface area (Å²) in [6.45, 7) is 0.482. The second kappa shape index (κ2) is 4.88. The first kappa shape index (κ1) is 10.9. The second-order valence-electron chi connectivity index (χ2n) is 3.49. The quantitative estimate of drug-likeness (QED) is 0.668. The van der Waals surface area contributed by atoms with Crippen LogP contribution < -0.4 is 16.4 Å². The first-order valence-electron chi connectivity index (χ1n) is 4.57. The number of anilines is 1. The van der Waals surface area contributed by atoms with Gasteiger partial charge in [-0.05, 0) is 12.0 Å². The summed E-state index contributed by atoms with van der Waals surface area (Å²) in [7, 11) is 3.81. The Balaban J connectivity index is 2.64. The molecular weight excluding hydrogens is 178 g/mol. The van der Waals surface area contributed by atoms with E-state index in [9.17, 15) is 0 Å². The third-order valence-electron chi connectivity index (χ3n) is 1.89. The van der Waals surface area contributed by atoms with Crippen LogP contribution in [0, 0.1) is 0 Å². The van der Waals surface area contributed by atoms with E-state index in [-0.39, 0.29) is 6.04 Å². The molecule has 1 rings (SSSR count). The maximum Gasteiger partial charge on any atom is 0.224 e. The molecule has 1 atom stereocenters. The molecule has 1 aromatic rings. The summed E-state index contributed by atoms with van der Waals surface area (Å²) in [6.07, 6.45) is 4.31. The SMILES string of the molecule is CN(C)c1ncc(CC(N)CN)cn1. The number of nitrogens with two attached hydrogens (primary N) is 2. The van der Waals surface area contributed by atoms with Crippen molar-refractivity contribution in [1.82, 2.24) is 9.97 Å². The van der Waals surface area contributed by atoms with E-state index < -0.39 is 0 Å². The van der Waals surface area contributed by atoms with Gasteiger partial charge in [0.25, 0.3) is 0 Å². The van der Waals surface area contributed by atoms with Crippen molar-refractivity contribution in [2.45, 2.75) is 12.5 Å². The Hall–Kier alpha value is -1.20. The third-order valence-corrected chi connectivity index (χ3v) is 1.89. The normalized spacial score (nSPS) is 12.6. The van der Waals surface area contributed by atoms with Crippen LogP contribution in [0.1, 0.15) is 5.56 Å². The topological polar surface area (TPSA) is 81.1 Å². The summed E-state index contributed by atoms with van der Waals surface area (Å²) in [6, 6.07) is -0.0104. The minimum Gasteiger partial charge on any atom is -0.347 e. The molecule has 78 valence electrons. The minimum absolute atomic E-state index is 0.0104. The highest BCUT2D eigenvalue weighted by Crippen LogP contribution is 2.04. The molecule has 1 heterocycles. The van der Waals surface area contributed by atoms with E-state index in [1.54, 1.807) is 12.4 Å². The molecule has 0 bridgehead atoms. The van der Waals surface area contributed by atoms with E-state index in [4.69, 9.17) is 11.5 Å². The molecule has 0 saturated heterocycles. The zero-order valence-electron chi connectivity index (χ0n) is 8.64. The summed E-state index contributed by atoms with van der Waals surface area (Å²) in [5, 5.41) is 0. The molecule has 5 heteroatoms. The summed E-state index contributed by atoms with van der Waals surface area (Å²) in [5.74, 6) is 0.704. The Morgan fingerprint density at radius 2 is 1.93 bits per heavy atom. The largest absolute Gasteiger partial charge is 0.347 e. The fraction of sp³-hybridized carbons (Fsp3) is 0.556. The third kappa shape index (κ3) is 2.93. The molecule has 0 spiro atoms. The molecule has 0 amide bonds. The fourth-order valence-electron chi connectivity index (χ4n) is 1.07. The van der Waals surface area contributed by atoms with Crippen molar-refractivity contribution in [3.05, 3.63) is 18.0 Å². The molecule has 5 nitrogen and oxygen atoms in total. The standard InChI is InChI=1S/C9H17N5/c1-14(2)9-12-5-7(6-13-9)3-8(11)4-10/h5-6,8H,3-4,10-11H2,1-2H3. The van der Waals surface area contributed by atoms with Crippen LogP contribution >= 0.6 is 0 Å². The van der Waals surface area contributed by atoms with Crippen LogP contribution in [0.3, 0.4) is 0 Å². The summed E-state index contributed by atoms with van der Waals surface area (Å²) in [4.78, 5) is 10.2. The van der Waals surface area contributed by atoms with Crippen molar-refractivity contribution in [2.24, 2.45) is 11.5 Å². The summed E-state index contributed by atoms with van der Waals surface area (Å²) >= 11 is 0. The summed E-state index contributed by atoms with van der Waals surface area (Å²) in [5.41, 5.74) is 12.2. The Morgan fingerprint density at radius 1 is 1.36 bits per heavy atom. The number of nitrogens with zero attached hydrogens (tertiary/aromatic N) is 3. The van der Waals surface area contributed by atoms with Crippen LogP contribution in [0.4, 0.5) is 5.95 Å². The molecular formula is C9H17N5. The van der Waals surface area contributed by atoms with Crippen molar-refractivity contribution in [2.75, 3.05) is 25.5 Å². The number of hydrogen-bond donors (Lipinski definition) is 2. The molecule has 0 aliphatic carbocycles. The lowest BCUT2D eigenvalue weighted by molar-refractivity contribution is 0.675. The Bertz CT molecular complexity index is 269. The molecule has 1 unspecified atom stereocenters. The van der Waals surface area contributed by atoms with Crippen molar-refractivity contribution in [1.29, 1.82) is 0 Å². The van der Waals surface area contributed by atoms with Crippen LogP contribution in [0.5, 0.6) is 0 Å². The van der Waals surface area contributed by atoms with Gasteiger partial charge in [0.05, 0.1) is 0 Å². The van der Waals surface area contributed by atoms with E-state index in [1.165, 1.54) is 0 Å². The first-order valence-corrected chi connectivity index (χ1v) is 4.57. The van der Waals surface area contributed by atoms with Crippen molar-refractivity contribution in [3.63, 3.8) is 0 Å². The van der Waals surface area contributed by atoms with Gasteiger partial charge in [-0.25, -0.2) is 9.97 Å². The van der Waals surface area contributed by atoms with Gasteiger partial charge in [-0.2, -0.15) is 0 Å². The number of aromatic nitrogens is 2. The maximum absolute atomic E-state index is 5.71. The lowest BCUT2D eigenvalue weighted by Crippen LogP contribution is -2.31. The van der Waals surface area contributed by atoms with Gasteiger partial charge in [0.2, 0.25) is 5.95 Å². The van der Waals surface area contributed by atoms with Crippen molar-refractivity contribution < 1.29 is 0 Å². The van der Waals surface area contributed by atoms with Gasteiger partial charge in [-0.3, -0.25) is 0 Å². The molecule has 0 saturated carbocycles. The van der Waals surface area contributed by atoms with Gasteiger partial charge < -0.3 is 16.4 Å². The zero-order valence-corrected chi connectivity index (χ0v) is 8.64. The van der Waals surface area contributed by atoms with Gasteiger partial charge in [-0.15, -0.1) is 0 Å². The number of rotatable bonds is 4. The predicted octanol–water partition coefficient (Wildman–Crippen LogP) is -0.629. The lowest BCUT2D eigenvalue weighted by Gasteiger charge is -2.11. The van der Waals surface area contributed by atoms with Crippen LogP contribution in [0.25, 0.3) is 0 Å². The van der Waals surface area contributed by atoms with E-state index >= 15 is 0 Å². The second-order valence-corrected chi connectivity index (χ2v) is 3.49. The molecule has 14 heavy (non-hydrogen) atoms. The molecule has 1 aromatic heterocycles. The van der Waals surface area contributed by atoms with E-state index in [0.29, 0.717) is 12.5 Å². The highest BCUT2D eigenvalue weighted by Gasteiger charge is 2.03. The molecule has 4 N–H and O–H groups in total. The summed E-state index contributed by atoms with van der Waals surface area (Å²) < 4.78 is 0. The molecule has 0 aliphatic heterocycles. The van der Waals surface area contributed by atoms with Crippen LogP contribution in [-0.4, -0.2) is 36.6 Å². The molecule has 0 aromatic carbocycles. The first-order chi connectivity index (χ1) is 6.63. The smallest absolute Gasteiger partial charge is 0.224 e. The van der Waals surface area contributed by atoms with Gasteiger partial charge in [0, 0.05) is 39.1 Å².